The fourth-order valence-electron chi connectivity index (χ4n) is 6.39. The number of aliphatic hydroxyl groups is 1. The molecule has 2 unspecified atom stereocenters. The Bertz CT molecular complexity index is 861. The standard InChI is InChI=1S/C27H41N3O7/c1-3-5-6-17-36-26(34)21-20-8-9-27(37-20)22(21)24(32)30(11-7-16-31)23(27)25(33)29(10-4-2)13-12-28-14-18-35-19-15-28/h3-4,20-23,31H,1-2,5-19H2/t20-,21+,22-,23?,27?/m0/s1. The number of carbonyl (C=O) groups is 3. The summed E-state index contributed by atoms with van der Waals surface area (Å²) in [6, 6.07) is -0.843. The zero-order chi connectivity index (χ0) is 26.4. The normalized spacial score (nSPS) is 30.8. The number of hydrogen-bond acceptors (Lipinski definition) is 8. The molecule has 10 heteroatoms. The first-order valence-electron chi connectivity index (χ1n) is 13.5. The van der Waals surface area contributed by atoms with Gasteiger partial charge in [0.25, 0.3) is 0 Å². The highest BCUT2D eigenvalue weighted by Gasteiger charge is 2.75. The number of ether oxygens (including phenoxy) is 3. The number of likely N-dealkylation sites (tertiary alicyclic amines) is 1. The molecule has 2 amide bonds. The van der Waals surface area contributed by atoms with Crippen molar-refractivity contribution in [3.8, 4) is 0 Å². The van der Waals surface area contributed by atoms with Gasteiger partial charge < -0.3 is 29.1 Å². The number of rotatable bonds is 14. The van der Waals surface area contributed by atoms with E-state index in [1.54, 1.807) is 22.0 Å². The van der Waals surface area contributed by atoms with Gasteiger partial charge >= 0.3 is 5.97 Å². The van der Waals surface area contributed by atoms with Crippen molar-refractivity contribution in [3.05, 3.63) is 25.3 Å². The molecule has 2 bridgehead atoms. The molecular weight excluding hydrogens is 478 g/mol. The zero-order valence-corrected chi connectivity index (χ0v) is 21.7. The third-order valence-electron chi connectivity index (χ3n) is 8.11. The molecule has 1 N–H and O–H groups in total. The first-order chi connectivity index (χ1) is 18.0. The Morgan fingerprint density at radius 3 is 2.68 bits per heavy atom. The number of carbonyl (C=O) groups excluding carboxylic acids is 3. The second kappa shape index (κ2) is 12.5. The minimum atomic E-state index is -1.06. The predicted octanol–water partition coefficient (Wildman–Crippen LogP) is 0.600. The minimum absolute atomic E-state index is 0.103. The van der Waals surface area contributed by atoms with Gasteiger partial charge in [-0.15, -0.1) is 13.2 Å². The molecule has 0 radical (unpaired) electrons. The number of unbranched alkanes of at least 4 members (excludes halogenated alkanes) is 1. The van der Waals surface area contributed by atoms with Crippen LogP contribution >= 0.6 is 0 Å². The Labute approximate surface area is 219 Å². The molecule has 4 aliphatic heterocycles. The Hall–Kier alpha value is -2.27. The van der Waals surface area contributed by atoms with Gasteiger partial charge in [0.15, 0.2) is 0 Å². The number of aliphatic hydroxyl groups excluding tert-OH is 1. The Morgan fingerprint density at radius 2 is 1.97 bits per heavy atom. The number of esters is 1. The fraction of sp³-hybridized carbons (Fsp3) is 0.741. The topological polar surface area (TPSA) is 109 Å². The molecule has 0 aliphatic carbocycles. The molecule has 4 saturated heterocycles. The van der Waals surface area contributed by atoms with E-state index in [2.05, 4.69) is 18.1 Å². The van der Waals surface area contributed by atoms with Gasteiger partial charge in [-0.3, -0.25) is 19.3 Å². The summed E-state index contributed by atoms with van der Waals surface area (Å²) in [7, 11) is 0. The van der Waals surface area contributed by atoms with E-state index >= 15 is 0 Å². The Kier molecular flexibility index (Phi) is 9.39. The summed E-state index contributed by atoms with van der Waals surface area (Å²) in [5.74, 6) is -2.35. The van der Waals surface area contributed by atoms with Gasteiger partial charge in [0.05, 0.1) is 37.8 Å². The molecule has 37 heavy (non-hydrogen) atoms. The number of allylic oxidation sites excluding steroid dienone is 1. The van der Waals surface area contributed by atoms with E-state index in [0.29, 0.717) is 58.5 Å². The maximum Gasteiger partial charge on any atom is 0.312 e. The highest BCUT2D eigenvalue weighted by Crippen LogP contribution is 2.58. The van der Waals surface area contributed by atoms with E-state index in [1.165, 1.54) is 0 Å². The Balaban J connectivity index is 1.56. The number of hydrogen-bond donors (Lipinski definition) is 1. The van der Waals surface area contributed by atoms with Crippen LogP contribution in [-0.2, 0) is 28.6 Å². The third kappa shape index (κ3) is 5.48. The molecular formula is C27H41N3O7. The van der Waals surface area contributed by atoms with E-state index in [9.17, 15) is 19.5 Å². The number of fused-ring (bicyclic) bond motifs is 1. The number of amides is 2. The molecule has 4 heterocycles. The molecule has 4 fully saturated rings. The molecule has 0 aromatic carbocycles. The van der Waals surface area contributed by atoms with Gasteiger partial charge in [-0.25, -0.2) is 0 Å². The lowest BCUT2D eigenvalue weighted by Crippen LogP contribution is -2.57. The summed E-state index contributed by atoms with van der Waals surface area (Å²) in [6.07, 6.45) is 5.91. The van der Waals surface area contributed by atoms with Crippen LogP contribution in [0.1, 0.15) is 32.1 Å². The molecule has 206 valence electrons. The summed E-state index contributed by atoms with van der Waals surface area (Å²) in [5.41, 5.74) is -1.06. The summed E-state index contributed by atoms with van der Waals surface area (Å²) < 4.78 is 17.4. The van der Waals surface area contributed by atoms with Crippen LogP contribution in [0.4, 0.5) is 0 Å². The second-order valence-electron chi connectivity index (χ2n) is 10.3. The van der Waals surface area contributed by atoms with E-state index < -0.39 is 35.6 Å². The highest BCUT2D eigenvalue weighted by atomic mass is 16.6. The smallest absolute Gasteiger partial charge is 0.312 e. The fourth-order valence-corrected chi connectivity index (χ4v) is 6.39. The van der Waals surface area contributed by atoms with Crippen molar-refractivity contribution in [3.63, 3.8) is 0 Å². The molecule has 1 spiro atoms. The van der Waals surface area contributed by atoms with Crippen LogP contribution in [-0.4, -0.2) is 121 Å². The minimum Gasteiger partial charge on any atom is -0.465 e. The van der Waals surface area contributed by atoms with Crippen LogP contribution < -0.4 is 0 Å². The molecule has 5 atom stereocenters. The van der Waals surface area contributed by atoms with Gasteiger partial charge in [-0.05, 0) is 32.1 Å². The van der Waals surface area contributed by atoms with Crippen molar-refractivity contribution in [1.29, 1.82) is 0 Å². The SMILES string of the molecule is C=CCCCOC(=O)[C@@H]1[C@@H]2CCC3(O2)C(C(=O)N(CC=C)CCN2CCOCC2)N(CCCO)C(=O)[C@H]13. The van der Waals surface area contributed by atoms with Crippen LogP contribution in [0.5, 0.6) is 0 Å². The van der Waals surface area contributed by atoms with Gasteiger partial charge in [0, 0.05) is 45.9 Å². The van der Waals surface area contributed by atoms with Crippen molar-refractivity contribution >= 4 is 17.8 Å². The van der Waals surface area contributed by atoms with Crippen LogP contribution in [0, 0.1) is 11.8 Å². The van der Waals surface area contributed by atoms with Crippen molar-refractivity contribution in [2.75, 3.05) is 65.7 Å². The van der Waals surface area contributed by atoms with E-state index in [0.717, 1.165) is 19.5 Å². The first-order valence-corrected chi connectivity index (χ1v) is 13.5. The molecule has 4 aliphatic rings. The first kappa shape index (κ1) is 27.8. The summed E-state index contributed by atoms with van der Waals surface area (Å²) >= 11 is 0. The third-order valence-corrected chi connectivity index (χ3v) is 8.11. The maximum atomic E-state index is 14.1. The summed E-state index contributed by atoms with van der Waals surface area (Å²) in [4.78, 5) is 46.6. The second-order valence-corrected chi connectivity index (χ2v) is 10.3. The van der Waals surface area contributed by atoms with Crippen LogP contribution in [0.25, 0.3) is 0 Å². The molecule has 10 nitrogen and oxygen atoms in total. The summed E-state index contributed by atoms with van der Waals surface area (Å²) in [5, 5.41) is 9.50. The summed E-state index contributed by atoms with van der Waals surface area (Å²) in [6.45, 7) is 12.4. The van der Waals surface area contributed by atoms with Crippen molar-refractivity contribution in [2.24, 2.45) is 11.8 Å². The van der Waals surface area contributed by atoms with Crippen molar-refractivity contribution in [2.45, 2.75) is 49.9 Å². The van der Waals surface area contributed by atoms with Crippen LogP contribution in [0.2, 0.25) is 0 Å². The number of morpholine rings is 1. The van der Waals surface area contributed by atoms with Gasteiger partial charge in [0.2, 0.25) is 11.8 Å². The van der Waals surface area contributed by atoms with Gasteiger partial charge in [0.1, 0.15) is 11.6 Å². The van der Waals surface area contributed by atoms with Gasteiger partial charge in [-0.1, -0.05) is 12.2 Å². The monoisotopic (exact) mass is 519 g/mol. The lowest BCUT2D eigenvalue weighted by atomic mass is 9.70. The average molecular weight is 520 g/mol. The Morgan fingerprint density at radius 1 is 1.19 bits per heavy atom. The molecule has 0 aromatic heterocycles. The molecule has 4 rings (SSSR count). The van der Waals surface area contributed by atoms with Gasteiger partial charge in [-0.2, -0.15) is 0 Å². The number of nitrogens with zero attached hydrogens (tertiary/aromatic N) is 3. The van der Waals surface area contributed by atoms with E-state index in [-0.39, 0.29) is 31.6 Å². The zero-order valence-electron chi connectivity index (χ0n) is 21.7. The molecule has 0 saturated carbocycles. The van der Waals surface area contributed by atoms with Crippen molar-refractivity contribution < 1.29 is 33.7 Å². The van der Waals surface area contributed by atoms with Crippen LogP contribution in [0.15, 0.2) is 25.3 Å². The lowest BCUT2D eigenvalue weighted by molar-refractivity contribution is -0.155. The van der Waals surface area contributed by atoms with E-state index in [4.69, 9.17) is 14.2 Å². The maximum absolute atomic E-state index is 14.1. The largest absolute Gasteiger partial charge is 0.465 e. The van der Waals surface area contributed by atoms with Crippen molar-refractivity contribution in [1.82, 2.24) is 14.7 Å². The molecule has 0 aromatic rings. The average Bonchev–Trinajstić information content (AvgIpc) is 3.55. The van der Waals surface area contributed by atoms with E-state index in [1.807, 2.05) is 0 Å². The lowest BCUT2D eigenvalue weighted by Gasteiger charge is -2.37. The quantitative estimate of drug-likeness (QED) is 0.202. The van der Waals surface area contributed by atoms with Crippen LogP contribution in [0.3, 0.4) is 0 Å². The predicted molar refractivity (Wildman–Crippen MR) is 135 cm³/mol. The highest BCUT2D eigenvalue weighted by molar-refractivity contribution is 5.98.